The Kier molecular flexibility index (Phi) is 2.99. The molecule has 0 aromatic rings. The average Bonchev–Trinajstić information content (AvgIpc) is 1.60. The monoisotopic (exact) mass is 160 g/mol. The van der Waals surface area contributed by atoms with Crippen molar-refractivity contribution in [2.75, 3.05) is 5.08 Å². The third kappa shape index (κ3) is 1.94. The molecule has 0 saturated heterocycles. The summed E-state index contributed by atoms with van der Waals surface area (Å²) in [4.78, 5) is 0. The molecule has 0 saturated carbocycles. The van der Waals surface area contributed by atoms with E-state index < -0.39 is 0 Å². The molecule has 2 heteroatoms. The molecule has 0 amide bonds. The molecule has 0 spiro atoms. The number of hydrogen-bond donors (Lipinski definition) is 1. The van der Waals surface area contributed by atoms with Gasteiger partial charge in [0.25, 0.3) is 0 Å². The zero-order valence-corrected chi connectivity index (χ0v) is 7.34. The fourth-order valence-corrected chi connectivity index (χ4v) is 2.22. The van der Waals surface area contributed by atoms with Gasteiger partial charge in [-0.25, -0.2) is 0 Å². The predicted molar refractivity (Wildman–Crippen MR) is 48.2 cm³/mol. The second kappa shape index (κ2) is 3.57. The molecule has 0 nitrogen and oxygen atoms in total. The minimum Gasteiger partial charge on any atom is -0.168 e. The minimum absolute atomic E-state index is 0.719. The molecule has 0 aromatic heterocycles. The van der Waals surface area contributed by atoms with E-state index in [-0.39, 0.29) is 0 Å². The van der Waals surface area contributed by atoms with Crippen LogP contribution in [0.3, 0.4) is 0 Å². The van der Waals surface area contributed by atoms with E-state index in [4.69, 9.17) is 0 Å². The second-order valence-corrected chi connectivity index (χ2v) is 4.33. The van der Waals surface area contributed by atoms with Crippen LogP contribution in [-0.2, 0) is 0 Å². The van der Waals surface area contributed by atoms with Crippen LogP contribution in [0.1, 0.15) is 19.8 Å². The van der Waals surface area contributed by atoms with Gasteiger partial charge in [-0.05, 0) is 19.8 Å². The third-order valence-electron chi connectivity index (χ3n) is 1.69. The summed E-state index contributed by atoms with van der Waals surface area (Å²) in [7, 11) is 0. The van der Waals surface area contributed by atoms with Gasteiger partial charge >= 0.3 is 0 Å². The topological polar surface area (TPSA) is 0 Å². The largest absolute Gasteiger partial charge is 0.168 e. The lowest BCUT2D eigenvalue weighted by molar-refractivity contribution is 0.825. The van der Waals surface area contributed by atoms with Crippen LogP contribution in [0.5, 0.6) is 0 Å². The number of thiol groups is 1. The Morgan fingerprint density at radius 1 is 1.89 bits per heavy atom. The molecule has 9 heavy (non-hydrogen) atoms. The van der Waals surface area contributed by atoms with Crippen molar-refractivity contribution in [3.63, 3.8) is 0 Å². The fourth-order valence-electron chi connectivity index (χ4n) is 0.899. The molecular weight excluding hydrogens is 148 g/mol. The maximum atomic E-state index is 4.15. The molecule has 52 valence electrons. The van der Waals surface area contributed by atoms with Gasteiger partial charge in [0.05, 0.1) is 0 Å². The smallest absolute Gasteiger partial charge is 0.0367 e. The molecule has 1 rings (SSSR count). The summed E-state index contributed by atoms with van der Waals surface area (Å²) >= 11 is 6.06. The van der Waals surface area contributed by atoms with Crippen LogP contribution in [0, 0.1) is 0 Å². The van der Waals surface area contributed by atoms with Crippen molar-refractivity contribution in [1.82, 2.24) is 0 Å². The molecule has 0 N–H and O–H groups in total. The lowest BCUT2D eigenvalue weighted by Gasteiger charge is -2.20. The first-order valence-electron chi connectivity index (χ1n) is 3.26. The molecule has 0 aromatic carbocycles. The van der Waals surface area contributed by atoms with Gasteiger partial charge < -0.3 is 0 Å². The molecule has 1 unspecified atom stereocenters. The van der Waals surface area contributed by atoms with Gasteiger partial charge in [-0.15, -0.1) is 11.8 Å². The Morgan fingerprint density at radius 2 is 2.56 bits per heavy atom. The van der Waals surface area contributed by atoms with Crippen molar-refractivity contribution in [2.45, 2.75) is 25.0 Å². The summed E-state index contributed by atoms with van der Waals surface area (Å²) in [6.07, 6.45) is 4.95. The maximum absolute atomic E-state index is 4.15. The summed E-state index contributed by atoms with van der Waals surface area (Å²) in [6.45, 7) is 2.26. The van der Waals surface area contributed by atoms with E-state index in [1.54, 1.807) is 5.57 Å². The first-order valence-corrected chi connectivity index (χ1v) is 4.94. The van der Waals surface area contributed by atoms with E-state index in [1.807, 2.05) is 11.8 Å². The van der Waals surface area contributed by atoms with Gasteiger partial charge in [-0.3, -0.25) is 0 Å². The van der Waals surface area contributed by atoms with Crippen molar-refractivity contribution in [1.29, 1.82) is 0 Å². The lowest BCUT2D eigenvalue weighted by Crippen LogP contribution is -2.06. The second-order valence-electron chi connectivity index (χ2n) is 2.26. The van der Waals surface area contributed by atoms with Crippen LogP contribution >= 0.6 is 24.4 Å². The van der Waals surface area contributed by atoms with E-state index in [9.17, 15) is 0 Å². The summed E-state index contributed by atoms with van der Waals surface area (Å²) in [6, 6.07) is 0. The van der Waals surface area contributed by atoms with Gasteiger partial charge in [-0.1, -0.05) is 11.6 Å². The molecule has 1 aliphatic rings. The maximum Gasteiger partial charge on any atom is 0.0367 e. The van der Waals surface area contributed by atoms with Crippen LogP contribution in [0.4, 0.5) is 0 Å². The van der Waals surface area contributed by atoms with Crippen molar-refractivity contribution in [3.8, 4) is 0 Å². The normalized spacial score (nSPS) is 20.4. The zero-order valence-electron chi connectivity index (χ0n) is 5.63. The highest BCUT2D eigenvalue weighted by Gasteiger charge is 2.12. The van der Waals surface area contributed by atoms with E-state index in [1.165, 1.54) is 12.8 Å². The molecule has 1 atom stereocenters. The summed E-state index contributed by atoms with van der Waals surface area (Å²) in [5.41, 5.74) is 1.62. The lowest BCUT2D eigenvalue weighted by atomic mass is 9.97. The Labute approximate surface area is 66.5 Å². The van der Waals surface area contributed by atoms with E-state index in [0.717, 1.165) is 10.3 Å². The summed E-state index contributed by atoms with van der Waals surface area (Å²) in [5.74, 6) is 0. The molecular formula is C7H12S2. The predicted octanol–water partition coefficient (Wildman–Crippen LogP) is 2.72. The quantitative estimate of drug-likeness (QED) is 0.376. The number of thioether (sulfide) groups is 1. The van der Waals surface area contributed by atoms with Gasteiger partial charge in [0.1, 0.15) is 0 Å². The van der Waals surface area contributed by atoms with Crippen molar-refractivity contribution < 1.29 is 0 Å². The van der Waals surface area contributed by atoms with E-state index in [2.05, 4.69) is 25.6 Å². The van der Waals surface area contributed by atoms with Crippen molar-refractivity contribution in [2.24, 2.45) is 0 Å². The number of hydrogen-bond acceptors (Lipinski definition) is 2. The van der Waals surface area contributed by atoms with Crippen LogP contribution in [0.25, 0.3) is 0 Å². The average molecular weight is 160 g/mol. The highest BCUT2D eigenvalue weighted by molar-refractivity contribution is 8.09. The molecule has 0 radical (unpaired) electrons. The molecule has 0 bridgehead atoms. The molecule has 1 aliphatic carbocycles. The van der Waals surface area contributed by atoms with Crippen molar-refractivity contribution >= 4 is 24.4 Å². The molecule has 0 heterocycles. The van der Waals surface area contributed by atoms with Crippen molar-refractivity contribution in [3.05, 3.63) is 11.6 Å². The Morgan fingerprint density at radius 3 is 2.89 bits per heavy atom. The van der Waals surface area contributed by atoms with E-state index >= 15 is 0 Å². The molecule has 0 aliphatic heterocycles. The number of allylic oxidation sites excluding steroid dienone is 1. The highest BCUT2D eigenvalue weighted by atomic mass is 32.2. The van der Waals surface area contributed by atoms with Gasteiger partial charge in [0, 0.05) is 10.3 Å². The van der Waals surface area contributed by atoms with Gasteiger partial charge in [-0.2, -0.15) is 12.6 Å². The molecule has 0 fully saturated rings. The van der Waals surface area contributed by atoms with Gasteiger partial charge in [0.2, 0.25) is 0 Å². The van der Waals surface area contributed by atoms with Crippen LogP contribution in [-0.4, -0.2) is 10.3 Å². The first kappa shape index (κ1) is 7.55. The highest BCUT2D eigenvalue weighted by Crippen LogP contribution is 2.29. The SMILES string of the molecule is CC(SCS)C1=CCC1. The van der Waals surface area contributed by atoms with Crippen LogP contribution in [0.15, 0.2) is 11.6 Å². The first-order chi connectivity index (χ1) is 4.34. The van der Waals surface area contributed by atoms with E-state index in [0.29, 0.717) is 0 Å². The summed E-state index contributed by atoms with van der Waals surface area (Å²) < 4.78 is 0. The fraction of sp³-hybridized carbons (Fsp3) is 0.714. The standard InChI is InChI=1S/C7H12S2/c1-6(9-5-8)7-3-2-4-7/h3,6,8H,2,4-5H2,1H3. The van der Waals surface area contributed by atoms with Crippen LogP contribution in [0.2, 0.25) is 0 Å². The zero-order chi connectivity index (χ0) is 6.69. The van der Waals surface area contributed by atoms with Crippen LogP contribution < -0.4 is 0 Å². The van der Waals surface area contributed by atoms with Gasteiger partial charge in [0.15, 0.2) is 0 Å². The Balaban J connectivity index is 2.24. The Bertz CT molecular complexity index is 118. The summed E-state index contributed by atoms with van der Waals surface area (Å²) in [5, 5.41) is 1.66. The number of rotatable bonds is 3. The third-order valence-corrected chi connectivity index (χ3v) is 3.09. The minimum atomic E-state index is 0.719. The Hall–Kier alpha value is 0.440.